The molecule has 2 rings (SSSR count). The maximum absolute atomic E-state index is 11.5. The van der Waals surface area contributed by atoms with Crippen LogP contribution >= 0.6 is 22.9 Å². The molecule has 1 heterocycles. The molecule has 5 nitrogen and oxygen atoms in total. The molecule has 98 valence electrons. The molecular formula is C11H13ClN2O3S. The van der Waals surface area contributed by atoms with E-state index in [-0.39, 0.29) is 4.87 Å². The van der Waals surface area contributed by atoms with Crippen LogP contribution in [0.25, 0.3) is 10.2 Å². The van der Waals surface area contributed by atoms with Crippen molar-refractivity contribution >= 4 is 39.1 Å². The second-order valence-electron chi connectivity index (χ2n) is 3.49. The highest BCUT2D eigenvalue weighted by Crippen LogP contribution is 2.24. The van der Waals surface area contributed by atoms with Crippen molar-refractivity contribution in [3.05, 3.63) is 32.9 Å². The summed E-state index contributed by atoms with van der Waals surface area (Å²) in [6.45, 7) is -0.470. The summed E-state index contributed by atoms with van der Waals surface area (Å²) in [7, 11) is 4.00. The number of para-hydroxylation sites is 1. The predicted octanol–water partition coefficient (Wildman–Crippen LogP) is -0.724. The molecule has 0 amide bonds. The lowest BCUT2D eigenvalue weighted by atomic mass is 10.3. The minimum absolute atomic E-state index is 0.345. The number of aliphatic carboxylic acids is 1. The molecule has 0 aliphatic heterocycles. The fourth-order valence-electron chi connectivity index (χ4n) is 1.35. The van der Waals surface area contributed by atoms with Gasteiger partial charge in [0.25, 0.3) is 0 Å². The van der Waals surface area contributed by atoms with E-state index in [0.29, 0.717) is 15.2 Å². The summed E-state index contributed by atoms with van der Waals surface area (Å²) in [4.78, 5) is 21.6. The topological polar surface area (TPSA) is 78.7 Å². The van der Waals surface area contributed by atoms with Gasteiger partial charge in [-0.15, -0.1) is 0 Å². The number of carbonyl (C=O) groups is 1. The first-order valence-corrected chi connectivity index (χ1v) is 6.42. The van der Waals surface area contributed by atoms with E-state index in [1.54, 1.807) is 18.2 Å². The zero-order valence-electron chi connectivity index (χ0n) is 9.97. The normalized spacial score (nSPS) is 9.94. The molecule has 0 radical (unpaired) electrons. The molecule has 0 saturated heterocycles. The molecule has 0 atom stereocenters. The first-order chi connectivity index (χ1) is 8.51. The highest BCUT2D eigenvalue weighted by molar-refractivity contribution is 7.16. The molecule has 2 aromatic rings. The van der Waals surface area contributed by atoms with Gasteiger partial charge in [-0.25, -0.2) is 0 Å². The third-order valence-corrected chi connectivity index (χ3v) is 3.17. The van der Waals surface area contributed by atoms with Crippen LogP contribution in [0.4, 0.5) is 0 Å². The number of quaternary nitrogens is 1. The number of carbonyl (C=O) groups excluding carboxylic acids is 1. The van der Waals surface area contributed by atoms with Crippen molar-refractivity contribution in [3.63, 3.8) is 0 Å². The Hall–Kier alpha value is -1.37. The van der Waals surface area contributed by atoms with Crippen molar-refractivity contribution in [2.45, 2.75) is 6.54 Å². The van der Waals surface area contributed by atoms with E-state index in [4.69, 9.17) is 11.6 Å². The van der Waals surface area contributed by atoms with Crippen LogP contribution in [0.5, 0.6) is 0 Å². The third-order valence-electron chi connectivity index (χ3n) is 1.92. The molecule has 1 aromatic heterocycles. The van der Waals surface area contributed by atoms with Crippen molar-refractivity contribution < 1.29 is 15.2 Å². The zero-order chi connectivity index (χ0) is 13.7. The molecule has 2 N–H and O–H groups in total. The van der Waals surface area contributed by atoms with Crippen molar-refractivity contribution in [2.24, 2.45) is 0 Å². The van der Waals surface area contributed by atoms with E-state index in [1.165, 1.54) is 0 Å². The second-order valence-corrected chi connectivity index (χ2v) is 4.89. The number of hydrogen-bond donors (Lipinski definition) is 1. The Bertz CT molecular complexity index is 606. The van der Waals surface area contributed by atoms with Crippen molar-refractivity contribution in [1.29, 1.82) is 0 Å². The van der Waals surface area contributed by atoms with E-state index in [9.17, 15) is 14.7 Å². The van der Waals surface area contributed by atoms with Crippen molar-refractivity contribution in [3.8, 4) is 0 Å². The SMILES string of the molecule is C[NH2+]C.O=C([O-])Cn1c(=O)sc2cccc(Cl)c21. The molecule has 0 aliphatic carbocycles. The number of carboxylic acid groups (broad SMARTS) is 1. The summed E-state index contributed by atoms with van der Waals surface area (Å²) in [6.07, 6.45) is 0. The Kier molecular flexibility index (Phi) is 5.33. The summed E-state index contributed by atoms with van der Waals surface area (Å²) in [5.74, 6) is -1.31. The van der Waals surface area contributed by atoms with Gasteiger partial charge in [-0.2, -0.15) is 0 Å². The van der Waals surface area contributed by atoms with E-state index < -0.39 is 12.5 Å². The van der Waals surface area contributed by atoms with Crippen molar-refractivity contribution in [2.75, 3.05) is 14.1 Å². The van der Waals surface area contributed by atoms with E-state index in [2.05, 4.69) is 0 Å². The lowest BCUT2D eigenvalue weighted by Gasteiger charge is -2.04. The minimum atomic E-state index is -1.31. The number of carboxylic acids is 1. The number of thiazole rings is 1. The van der Waals surface area contributed by atoms with Crippen molar-refractivity contribution in [1.82, 2.24) is 4.57 Å². The fraction of sp³-hybridized carbons (Fsp3) is 0.273. The average molecular weight is 289 g/mol. The summed E-state index contributed by atoms with van der Waals surface area (Å²) in [5, 5.41) is 12.8. The van der Waals surface area contributed by atoms with Gasteiger partial charge >= 0.3 is 4.87 Å². The molecular weight excluding hydrogens is 276 g/mol. The summed E-state index contributed by atoms with van der Waals surface area (Å²) < 4.78 is 1.78. The highest BCUT2D eigenvalue weighted by Gasteiger charge is 2.09. The van der Waals surface area contributed by atoms with Crippen LogP contribution in [-0.4, -0.2) is 24.6 Å². The number of fused-ring (bicyclic) bond motifs is 1. The molecule has 0 aliphatic rings. The molecule has 7 heteroatoms. The van der Waals surface area contributed by atoms with E-state index in [1.807, 2.05) is 19.4 Å². The Morgan fingerprint density at radius 3 is 2.67 bits per heavy atom. The average Bonchev–Trinajstić information content (AvgIpc) is 2.57. The van der Waals surface area contributed by atoms with E-state index >= 15 is 0 Å². The molecule has 1 aromatic carbocycles. The monoisotopic (exact) mass is 288 g/mol. The Balaban J connectivity index is 0.000000492. The summed E-state index contributed by atoms with van der Waals surface area (Å²) in [5.41, 5.74) is 0.457. The number of hydrogen-bond acceptors (Lipinski definition) is 4. The number of rotatable bonds is 2. The first-order valence-electron chi connectivity index (χ1n) is 5.23. The standard InChI is InChI=1S/C9H6ClNO3S.C2H7N/c10-5-2-1-3-6-8(5)11(4-7(12)13)9(14)15-6;1-3-2/h1-3H,4H2,(H,12,13);3H,1-2H3. The Morgan fingerprint density at radius 2 is 2.11 bits per heavy atom. The molecule has 0 fully saturated rings. The van der Waals surface area contributed by atoms with Gasteiger partial charge in [-0.1, -0.05) is 29.0 Å². The lowest BCUT2D eigenvalue weighted by Crippen LogP contribution is -2.74. The van der Waals surface area contributed by atoms with Crippen LogP contribution in [0.2, 0.25) is 5.02 Å². The van der Waals surface area contributed by atoms with Crippen LogP contribution in [-0.2, 0) is 11.3 Å². The highest BCUT2D eigenvalue weighted by atomic mass is 35.5. The number of benzene rings is 1. The van der Waals surface area contributed by atoms with Gasteiger partial charge in [0.2, 0.25) is 0 Å². The van der Waals surface area contributed by atoms with Crippen LogP contribution in [0.1, 0.15) is 0 Å². The second kappa shape index (κ2) is 6.53. The molecule has 0 bridgehead atoms. The maximum Gasteiger partial charge on any atom is 0.308 e. The van der Waals surface area contributed by atoms with Gasteiger partial charge in [0, 0.05) is 0 Å². The lowest BCUT2D eigenvalue weighted by molar-refractivity contribution is -0.597. The number of aromatic nitrogens is 1. The summed E-state index contributed by atoms with van der Waals surface area (Å²) in [6, 6.07) is 5.05. The maximum atomic E-state index is 11.5. The van der Waals surface area contributed by atoms with Crippen LogP contribution in [0.3, 0.4) is 0 Å². The van der Waals surface area contributed by atoms with Crippen LogP contribution in [0.15, 0.2) is 23.0 Å². The van der Waals surface area contributed by atoms with Gasteiger partial charge in [0.15, 0.2) is 0 Å². The largest absolute Gasteiger partial charge is 0.548 e. The molecule has 0 spiro atoms. The van der Waals surface area contributed by atoms with Gasteiger partial charge < -0.3 is 15.2 Å². The zero-order valence-corrected chi connectivity index (χ0v) is 11.5. The minimum Gasteiger partial charge on any atom is -0.548 e. The van der Waals surface area contributed by atoms with Gasteiger partial charge in [0.1, 0.15) is 0 Å². The first kappa shape index (κ1) is 14.7. The smallest absolute Gasteiger partial charge is 0.308 e. The third kappa shape index (κ3) is 3.32. The summed E-state index contributed by atoms with van der Waals surface area (Å²) >= 11 is 6.86. The van der Waals surface area contributed by atoms with Gasteiger partial charge in [-0.05, 0) is 12.1 Å². The van der Waals surface area contributed by atoms with Gasteiger partial charge in [-0.3, -0.25) is 9.36 Å². The Morgan fingerprint density at radius 1 is 1.50 bits per heavy atom. The molecule has 0 unspecified atom stereocenters. The fourth-order valence-corrected chi connectivity index (χ4v) is 2.60. The number of halogens is 1. The number of nitrogens with zero attached hydrogens (tertiary/aromatic N) is 1. The quantitative estimate of drug-likeness (QED) is 0.792. The van der Waals surface area contributed by atoms with Crippen LogP contribution < -0.4 is 15.3 Å². The Labute approximate surface area is 113 Å². The predicted molar refractivity (Wildman–Crippen MR) is 69.9 cm³/mol. The van der Waals surface area contributed by atoms with E-state index in [0.717, 1.165) is 15.9 Å². The van der Waals surface area contributed by atoms with Gasteiger partial charge in [0.05, 0.1) is 41.8 Å². The molecule has 18 heavy (non-hydrogen) atoms. The van der Waals surface area contributed by atoms with Crippen LogP contribution in [0, 0.1) is 0 Å². The number of nitrogens with two attached hydrogens (primary N) is 1. The molecule has 0 saturated carbocycles.